The van der Waals surface area contributed by atoms with Gasteiger partial charge < -0.3 is 4.42 Å². The number of furan rings is 1. The highest BCUT2D eigenvalue weighted by Crippen LogP contribution is 2.45. The van der Waals surface area contributed by atoms with Gasteiger partial charge in [0.05, 0.1) is 0 Å². The van der Waals surface area contributed by atoms with Crippen molar-refractivity contribution in [2.75, 3.05) is 0 Å². The van der Waals surface area contributed by atoms with Crippen molar-refractivity contribution in [1.82, 2.24) is 0 Å². The van der Waals surface area contributed by atoms with E-state index >= 15 is 0 Å². The fourth-order valence-corrected chi connectivity index (χ4v) is 9.47. The Kier molecular flexibility index (Phi) is 8.27. The molecular weight excluding hydrogens is 673 g/mol. The molecule has 8 aromatic rings. The Bertz CT molecular complexity index is 2920. The number of hydrogen-bond donors (Lipinski definition) is 0. The lowest BCUT2D eigenvalue weighted by atomic mass is 9.84. The van der Waals surface area contributed by atoms with Crippen LogP contribution in [0, 0.1) is 0 Å². The zero-order chi connectivity index (χ0) is 36.0. The number of hydrogen-bond acceptors (Lipinski definition) is 2. The SMILES string of the molecule is C/C(=C\C=C1/Cc2cc3cc4c(cc3cc2S1)oc1ccccc14)c1c2ccccc2c(C2=C/C=C(/c3ccccc3)C/C=C\C=C/C2)c2ccccc12. The second kappa shape index (κ2) is 13.7. The van der Waals surface area contributed by atoms with Crippen molar-refractivity contribution < 1.29 is 4.42 Å². The van der Waals surface area contributed by atoms with Gasteiger partial charge in [0.1, 0.15) is 11.2 Å². The lowest BCUT2D eigenvalue weighted by Gasteiger charge is -2.19. The monoisotopic (exact) mass is 710 g/mol. The van der Waals surface area contributed by atoms with Gasteiger partial charge in [-0.15, -0.1) is 0 Å². The topological polar surface area (TPSA) is 13.1 Å². The molecule has 54 heavy (non-hydrogen) atoms. The predicted octanol–water partition coefficient (Wildman–Crippen LogP) is 15.1. The van der Waals surface area contributed by atoms with E-state index in [1.807, 2.05) is 17.8 Å². The van der Waals surface area contributed by atoms with E-state index in [4.69, 9.17) is 4.42 Å². The summed E-state index contributed by atoms with van der Waals surface area (Å²) in [6.07, 6.45) is 21.0. The summed E-state index contributed by atoms with van der Waals surface area (Å²) in [5, 5.41) is 10.0. The summed E-state index contributed by atoms with van der Waals surface area (Å²) in [5.41, 5.74) is 11.1. The van der Waals surface area contributed by atoms with Crippen LogP contribution >= 0.6 is 11.8 Å². The van der Waals surface area contributed by atoms with E-state index in [1.54, 1.807) is 0 Å². The van der Waals surface area contributed by atoms with Crippen LogP contribution < -0.4 is 0 Å². The van der Waals surface area contributed by atoms with Crippen molar-refractivity contribution >= 4 is 82.7 Å². The number of rotatable bonds is 4. The summed E-state index contributed by atoms with van der Waals surface area (Å²) in [4.78, 5) is 2.70. The van der Waals surface area contributed by atoms with Crippen LogP contribution in [-0.2, 0) is 6.42 Å². The maximum Gasteiger partial charge on any atom is 0.136 e. The number of allylic oxidation sites excluding steroid dienone is 12. The summed E-state index contributed by atoms with van der Waals surface area (Å²) in [6.45, 7) is 2.28. The van der Waals surface area contributed by atoms with E-state index in [-0.39, 0.29) is 0 Å². The van der Waals surface area contributed by atoms with E-state index in [9.17, 15) is 0 Å². The van der Waals surface area contributed by atoms with Gasteiger partial charge in [-0.25, -0.2) is 0 Å². The summed E-state index contributed by atoms with van der Waals surface area (Å²) >= 11 is 1.89. The first kappa shape index (κ1) is 32.6. The molecule has 0 amide bonds. The highest BCUT2D eigenvalue weighted by molar-refractivity contribution is 8.03. The Morgan fingerprint density at radius 1 is 0.593 bits per heavy atom. The van der Waals surface area contributed by atoms with Crippen molar-refractivity contribution in [1.29, 1.82) is 0 Å². The Hall–Kier alpha value is -6.09. The van der Waals surface area contributed by atoms with Crippen LogP contribution in [0.1, 0.15) is 42.0 Å². The molecule has 2 aliphatic rings. The lowest BCUT2D eigenvalue weighted by Crippen LogP contribution is -1.95. The van der Waals surface area contributed by atoms with Crippen LogP contribution in [0.2, 0.25) is 0 Å². The van der Waals surface area contributed by atoms with Crippen LogP contribution in [0.5, 0.6) is 0 Å². The standard InChI is InChI=1S/C52H38OS/c1-34(25-28-41-30-40-29-38-31-47-42-19-13-14-24-48(42)53-49(47)32-39(38)33-50(40)54-41)51-43-20-9-11-22-45(43)52(46-23-12-10-21-44(46)51)37-18-6-3-2-5-17-36(26-27-37)35-15-7-4-8-16-35/h2-16,19-29,31-33H,17-18,30H2,1H3/b5-2-,6-3-,34-25+,36-26+,37-27?,41-28+. The molecule has 10 rings (SSSR count). The summed E-state index contributed by atoms with van der Waals surface area (Å²) < 4.78 is 6.21. The third kappa shape index (κ3) is 5.84. The highest BCUT2D eigenvalue weighted by Gasteiger charge is 2.20. The number of fused-ring (bicyclic) bond motifs is 7. The minimum Gasteiger partial charge on any atom is -0.456 e. The van der Waals surface area contributed by atoms with Gasteiger partial charge in [-0.2, -0.15) is 0 Å². The Balaban J connectivity index is 1.04. The molecule has 1 nitrogen and oxygen atoms in total. The molecule has 7 aromatic carbocycles. The lowest BCUT2D eigenvalue weighted by molar-refractivity contribution is 0.669. The number of benzene rings is 7. The molecule has 258 valence electrons. The van der Waals surface area contributed by atoms with Gasteiger partial charge in [0.2, 0.25) is 0 Å². The molecule has 0 unspecified atom stereocenters. The summed E-state index contributed by atoms with van der Waals surface area (Å²) in [7, 11) is 0. The first-order valence-corrected chi connectivity index (χ1v) is 19.6. The molecule has 0 fully saturated rings. The molecule has 0 bridgehead atoms. The van der Waals surface area contributed by atoms with Crippen molar-refractivity contribution in [3.05, 3.63) is 203 Å². The molecule has 0 radical (unpaired) electrons. The van der Waals surface area contributed by atoms with Crippen LogP contribution in [-0.4, -0.2) is 0 Å². The van der Waals surface area contributed by atoms with E-state index < -0.39 is 0 Å². The second-order valence-electron chi connectivity index (χ2n) is 14.4. The van der Waals surface area contributed by atoms with Gasteiger partial charge in [0.25, 0.3) is 0 Å². The molecule has 2 heteroatoms. The molecule has 0 spiro atoms. The third-order valence-corrected chi connectivity index (χ3v) is 12.1. The van der Waals surface area contributed by atoms with Gasteiger partial charge in [-0.05, 0) is 126 Å². The van der Waals surface area contributed by atoms with Gasteiger partial charge in [-0.3, -0.25) is 0 Å². The highest BCUT2D eigenvalue weighted by atomic mass is 32.2. The fourth-order valence-electron chi connectivity index (χ4n) is 8.37. The Morgan fingerprint density at radius 3 is 1.98 bits per heavy atom. The maximum atomic E-state index is 6.21. The molecule has 2 heterocycles. The summed E-state index contributed by atoms with van der Waals surface area (Å²) in [5.74, 6) is 0. The minimum absolute atomic E-state index is 0.854. The van der Waals surface area contributed by atoms with Crippen LogP contribution in [0.25, 0.3) is 71.0 Å². The Labute approximate surface area is 320 Å². The first-order chi connectivity index (χ1) is 26.7. The molecular formula is C52H38OS. The van der Waals surface area contributed by atoms with Crippen LogP contribution in [0.15, 0.2) is 190 Å². The van der Waals surface area contributed by atoms with Crippen molar-refractivity contribution in [2.45, 2.75) is 31.1 Å². The van der Waals surface area contributed by atoms with Gasteiger partial charge in [0, 0.05) is 22.1 Å². The largest absolute Gasteiger partial charge is 0.456 e. The van der Waals surface area contributed by atoms with Gasteiger partial charge in [0.15, 0.2) is 0 Å². The van der Waals surface area contributed by atoms with Crippen molar-refractivity contribution in [3.63, 3.8) is 0 Å². The average molecular weight is 711 g/mol. The van der Waals surface area contributed by atoms with Gasteiger partial charge >= 0.3 is 0 Å². The smallest absolute Gasteiger partial charge is 0.136 e. The number of para-hydroxylation sites is 1. The zero-order valence-corrected chi connectivity index (χ0v) is 31.0. The van der Waals surface area contributed by atoms with Gasteiger partial charge in [-0.1, -0.05) is 157 Å². The Morgan fingerprint density at radius 2 is 1.22 bits per heavy atom. The molecule has 1 aromatic heterocycles. The molecule has 0 saturated carbocycles. The van der Waals surface area contributed by atoms with E-state index in [2.05, 4.69) is 177 Å². The normalized spacial score (nSPS) is 17.9. The maximum absolute atomic E-state index is 6.21. The van der Waals surface area contributed by atoms with E-state index in [1.165, 1.54) is 91.9 Å². The predicted molar refractivity (Wildman–Crippen MR) is 234 cm³/mol. The first-order valence-electron chi connectivity index (χ1n) is 18.8. The average Bonchev–Trinajstić information content (AvgIpc) is 3.79. The third-order valence-electron chi connectivity index (χ3n) is 11.0. The fraction of sp³-hybridized carbons (Fsp3) is 0.0769. The zero-order valence-electron chi connectivity index (χ0n) is 30.2. The van der Waals surface area contributed by atoms with E-state index in [0.29, 0.717) is 0 Å². The molecule has 0 N–H and O–H groups in total. The number of thioether (sulfide) groups is 1. The molecule has 1 aliphatic heterocycles. The minimum atomic E-state index is 0.854. The molecule has 0 atom stereocenters. The van der Waals surface area contributed by atoms with Crippen molar-refractivity contribution in [2.24, 2.45) is 0 Å². The molecule has 0 saturated heterocycles. The van der Waals surface area contributed by atoms with E-state index in [0.717, 1.165) is 30.4 Å². The van der Waals surface area contributed by atoms with Crippen molar-refractivity contribution in [3.8, 4) is 0 Å². The quantitative estimate of drug-likeness (QED) is 0.169. The second-order valence-corrected chi connectivity index (χ2v) is 15.5. The van der Waals surface area contributed by atoms with Crippen LogP contribution in [0.4, 0.5) is 0 Å². The summed E-state index contributed by atoms with van der Waals surface area (Å²) in [6, 6.07) is 46.3. The van der Waals surface area contributed by atoms with Crippen LogP contribution in [0.3, 0.4) is 0 Å². The molecule has 1 aliphatic carbocycles.